The molecule has 11 nitrogen and oxygen atoms in total. The SMILES string of the molecule is CC(=O)NC[C@H]1CN(c2cc(F)c(N3CCn4c(=O)c5nccnc5n4CC3)c(F)c2)C(=O)O1. The van der Waals surface area contributed by atoms with E-state index in [0.717, 1.165) is 17.0 Å². The molecule has 1 N–H and O–H groups in total. The van der Waals surface area contributed by atoms with Crippen molar-refractivity contribution in [1.29, 1.82) is 0 Å². The predicted molar refractivity (Wildman–Crippen MR) is 117 cm³/mol. The van der Waals surface area contributed by atoms with Gasteiger partial charge >= 0.3 is 6.09 Å². The molecular weight excluding hydrogens is 452 g/mol. The third-order valence-electron chi connectivity index (χ3n) is 5.90. The average Bonchev–Trinajstić information content (AvgIpc) is 3.20. The van der Waals surface area contributed by atoms with E-state index in [1.165, 1.54) is 28.9 Å². The summed E-state index contributed by atoms with van der Waals surface area (Å²) in [5, 5.41) is 2.55. The van der Waals surface area contributed by atoms with Gasteiger partial charge in [-0.15, -0.1) is 0 Å². The highest BCUT2D eigenvalue weighted by molar-refractivity contribution is 5.90. The van der Waals surface area contributed by atoms with Gasteiger partial charge in [-0.3, -0.25) is 19.2 Å². The molecule has 0 saturated carbocycles. The van der Waals surface area contributed by atoms with Crippen molar-refractivity contribution >= 4 is 34.5 Å². The number of fused-ring (bicyclic) bond motifs is 3. The Hall–Kier alpha value is -4.03. The van der Waals surface area contributed by atoms with E-state index in [-0.39, 0.29) is 67.6 Å². The number of rotatable bonds is 4. The molecule has 2 aliphatic rings. The Balaban J connectivity index is 1.37. The fourth-order valence-electron chi connectivity index (χ4n) is 4.34. The van der Waals surface area contributed by atoms with E-state index in [1.807, 2.05) is 0 Å². The Labute approximate surface area is 191 Å². The predicted octanol–water partition coefficient (Wildman–Crippen LogP) is 0.853. The summed E-state index contributed by atoms with van der Waals surface area (Å²) in [6, 6.07) is 2.16. The van der Waals surface area contributed by atoms with Crippen LogP contribution in [-0.4, -0.2) is 63.6 Å². The highest BCUT2D eigenvalue weighted by Gasteiger charge is 2.34. The number of benzene rings is 1. The van der Waals surface area contributed by atoms with Crippen LogP contribution in [0, 0.1) is 11.6 Å². The van der Waals surface area contributed by atoms with E-state index < -0.39 is 23.8 Å². The minimum atomic E-state index is -0.836. The number of halogens is 2. The number of ether oxygens (including phenoxy) is 1. The van der Waals surface area contributed by atoms with Gasteiger partial charge in [-0.1, -0.05) is 0 Å². The second-order valence-corrected chi connectivity index (χ2v) is 8.08. The van der Waals surface area contributed by atoms with Gasteiger partial charge in [0.1, 0.15) is 11.8 Å². The van der Waals surface area contributed by atoms with E-state index in [1.54, 1.807) is 4.68 Å². The normalized spacial score (nSPS) is 18.1. The molecule has 2 aliphatic heterocycles. The van der Waals surface area contributed by atoms with E-state index in [9.17, 15) is 14.4 Å². The van der Waals surface area contributed by atoms with Gasteiger partial charge in [0.05, 0.1) is 31.9 Å². The van der Waals surface area contributed by atoms with Crippen molar-refractivity contribution < 1.29 is 23.1 Å². The molecule has 1 saturated heterocycles. The third kappa shape index (κ3) is 3.72. The largest absolute Gasteiger partial charge is 0.442 e. The maximum atomic E-state index is 15.1. The van der Waals surface area contributed by atoms with E-state index in [2.05, 4.69) is 15.3 Å². The molecule has 0 radical (unpaired) electrons. The zero-order chi connectivity index (χ0) is 24.0. The van der Waals surface area contributed by atoms with Crippen LogP contribution in [-0.2, 0) is 22.6 Å². The quantitative estimate of drug-likeness (QED) is 0.598. The molecule has 0 spiro atoms. The lowest BCUT2D eigenvalue weighted by Crippen LogP contribution is -2.33. The van der Waals surface area contributed by atoms with Gasteiger partial charge in [-0.05, 0) is 0 Å². The van der Waals surface area contributed by atoms with Crippen molar-refractivity contribution in [3.05, 3.63) is 46.5 Å². The Morgan fingerprint density at radius 2 is 1.76 bits per heavy atom. The molecule has 13 heteroatoms. The van der Waals surface area contributed by atoms with Crippen LogP contribution in [0.5, 0.6) is 0 Å². The van der Waals surface area contributed by atoms with Gasteiger partial charge in [0.25, 0.3) is 5.56 Å². The van der Waals surface area contributed by atoms with Crippen LogP contribution in [0.3, 0.4) is 0 Å². The molecule has 0 bridgehead atoms. The fourth-order valence-corrected chi connectivity index (χ4v) is 4.34. The monoisotopic (exact) mass is 473 g/mol. The Bertz CT molecular complexity index is 1330. The van der Waals surface area contributed by atoms with Crippen molar-refractivity contribution in [3.63, 3.8) is 0 Å². The van der Waals surface area contributed by atoms with E-state index in [0.29, 0.717) is 5.65 Å². The van der Waals surface area contributed by atoms with Crippen molar-refractivity contribution in [3.8, 4) is 0 Å². The van der Waals surface area contributed by atoms with Crippen molar-refractivity contribution in [2.45, 2.75) is 26.1 Å². The Kier molecular flexibility index (Phi) is 5.38. The summed E-state index contributed by atoms with van der Waals surface area (Å²) in [5.41, 5.74) is 0.162. The van der Waals surface area contributed by atoms with Gasteiger partial charge in [-0.25, -0.2) is 28.2 Å². The van der Waals surface area contributed by atoms with Crippen LogP contribution in [0.15, 0.2) is 29.3 Å². The second kappa shape index (κ2) is 8.39. The smallest absolute Gasteiger partial charge is 0.414 e. The molecule has 3 aromatic rings. The maximum Gasteiger partial charge on any atom is 0.414 e. The molecule has 34 heavy (non-hydrogen) atoms. The summed E-state index contributed by atoms with van der Waals surface area (Å²) in [6.45, 7) is 2.39. The number of amides is 2. The molecule has 178 valence electrons. The Morgan fingerprint density at radius 1 is 1.09 bits per heavy atom. The topological polar surface area (TPSA) is 115 Å². The molecule has 1 fully saturated rings. The number of carbonyl (C=O) groups excluding carboxylic acids is 2. The summed E-state index contributed by atoms with van der Waals surface area (Å²) in [4.78, 5) is 46.9. The minimum absolute atomic E-state index is 0.0210. The van der Waals surface area contributed by atoms with Crippen LogP contribution in [0.1, 0.15) is 6.92 Å². The maximum absolute atomic E-state index is 15.1. The lowest BCUT2D eigenvalue weighted by Gasteiger charge is -2.24. The summed E-state index contributed by atoms with van der Waals surface area (Å²) in [7, 11) is 0. The van der Waals surface area contributed by atoms with Crippen LogP contribution in [0.2, 0.25) is 0 Å². The van der Waals surface area contributed by atoms with Gasteiger partial charge in [0, 0.05) is 44.5 Å². The highest BCUT2D eigenvalue weighted by Crippen LogP contribution is 2.31. The van der Waals surface area contributed by atoms with E-state index in [4.69, 9.17) is 4.74 Å². The average molecular weight is 473 g/mol. The minimum Gasteiger partial charge on any atom is -0.442 e. The molecular formula is C21H21F2N7O4. The highest BCUT2D eigenvalue weighted by atomic mass is 19.1. The van der Waals surface area contributed by atoms with Crippen molar-refractivity contribution in [2.75, 3.05) is 36.0 Å². The molecule has 1 aromatic carbocycles. The van der Waals surface area contributed by atoms with Crippen molar-refractivity contribution in [1.82, 2.24) is 24.6 Å². The lowest BCUT2D eigenvalue weighted by atomic mass is 10.2. The van der Waals surface area contributed by atoms with Crippen LogP contribution >= 0.6 is 0 Å². The number of aromatic nitrogens is 4. The van der Waals surface area contributed by atoms with Crippen LogP contribution < -0.4 is 20.7 Å². The number of cyclic esters (lactones) is 1. The first-order chi connectivity index (χ1) is 16.3. The molecule has 5 rings (SSSR count). The first kappa shape index (κ1) is 21.8. The lowest BCUT2D eigenvalue weighted by molar-refractivity contribution is -0.119. The number of carbonyl (C=O) groups is 2. The van der Waals surface area contributed by atoms with Crippen LogP contribution in [0.4, 0.5) is 25.0 Å². The fraction of sp³-hybridized carbons (Fsp3) is 0.381. The summed E-state index contributed by atoms with van der Waals surface area (Å²) in [5.74, 6) is -1.95. The van der Waals surface area contributed by atoms with Gasteiger partial charge in [-0.2, -0.15) is 0 Å². The number of nitrogens with one attached hydrogen (secondary N) is 1. The molecule has 4 heterocycles. The number of nitrogens with zero attached hydrogens (tertiary/aromatic N) is 6. The summed E-state index contributed by atoms with van der Waals surface area (Å²) in [6.07, 6.45) is 1.56. The summed E-state index contributed by atoms with van der Waals surface area (Å²) >= 11 is 0. The molecule has 2 amide bonds. The third-order valence-corrected chi connectivity index (χ3v) is 5.90. The van der Waals surface area contributed by atoms with E-state index >= 15 is 8.78 Å². The molecule has 0 unspecified atom stereocenters. The number of hydrogen-bond acceptors (Lipinski definition) is 7. The van der Waals surface area contributed by atoms with Gasteiger partial charge in [0.2, 0.25) is 5.91 Å². The standard InChI is InChI=1S/C21H21F2N7O4/c1-12(31)26-10-14-11-28(21(33)34-14)13-8-15(22)18(16(23)9-13)27-4-6-29-19-17(24-2-3-25-19)20(32)30(29)7-5-27/h2-3,8-9,14H,4-7,10-11H2,1H3,(H,26,31)/t14-/m0/s1. The Morgan fingerprint density at radius 3 is 2.47 bits per heavy atom. The van der Waals surface area contributed by atoms with Crippen LogP contribution in [0.25, 0.3) is 11.2 Å². The van der Waals surface area contributed by atoms with Gasteiger partial charge < -0.3 is 15.0 Å². The number of anilines is 2. The molecule has 0 aliphatic carbocycles. The second-order valence-electron chi connectivity index (χ2n) is 8.08. The first-order valence-electron chi connectivity index (χ1n) is 10.7. The molecule has 2 aromatic heterocycles. The zero-order valence-electron chi connectivity index (χ0n) is 18.2. The van der Waals surface area contributed by atoms with Gasteiger partial charge in [0.15, 0.2) is 22.8 Å². The zero-order valence-corrected chi connectivity index (χ0v) is 18.2. The van der Waals surface area contributed by atoms with Crippen molar-refractivity contribution in [2.24, 2.45) is 0 Å². The first-order valence-corrected chi connectivity index (χ1v) is 10.7. The number of hydrogen-bond donors (Lipinski definition) is 1. The summed E-state index contributed by atoms with van der Waals surface area (Å²) < 4.78 is 38.6. The molecule has 1 atom stereocenters.